The number of phenolic OH excluding ortho intramolecular Hbond substituents is 1. The molecule has 0 spiro atoms. The maximum atomic E-state index is 11.9. The van der Waals surface area contributed by atoms with Crippen LogP contribution in [0.1, 0.15) is 0 Å². The average Bonchev–Trinajstić information content (AvgIpc) is 2.39. The summed E-state index contributed by atoms with van der Waals surface area (Å²) in [6.07, 6.45) is 3.01. The van der Waals surface area contributed by atoms with Gasteiger partial charge in [0.15, 0.2) is 0 Å². The molecular weight excluding hydrogens is 246 g/mol. The van der Waals surface area contributed by atoms with E-state index in [1.165, 1.54) is 30.6 Å². The smallest absolute Gasteiger partial charge is 0.347 e. The van der Waals surface area contributed by atoms with E-state index in [1.54, 1.807) is 12.1 Å². The number of phenols is 1. The number of benzene rings is 1. The van der Waals surface area contributed by atoms with E-state index in [2.05, 4.69) is 4.98 Å². The van der Waals surface area contributed by atoms with E-state index in [4.69, 9.17) is 4.42 Å². The number of fused-ring (bicyclic) bond motifs is 1. The summed E-state index contributed by atoms with van der Waals surface area (Å²) in [5.74, 6) is -0.440. The van der Waals surface area contributed by atoms with E-state index in [0.29, 0.717) is 5.56 Å². The summed E-state index contributed by atoms with van der Waals surface area (Å²) in [5.41, 5.74) is -0.0371. The predicted molar refractivity (Wildman–Crippen MR) is 69.0 cm³/mol. The zero-order valence-electron chi connectivity index (χ0n) is 9.70. The minimum atomic E-state index is -0.665. The Hall–Kier alpha value is -2.82. The Kier molecular flexibility index (Phi) is 2.45. The van der Waals surface area contributed by atoms with Crippen molar-refractivity contribution in [2.75, 3.05) is 0 Å². The molecule has 3 rings (SSSR count). The summed E-state index contributed by atoms with van der Waals surface area (Å²) < 4.78 is 5.11. The molecule has 2 aromatic heterocycles. The SMILES string of the molecule is O=c1oc2cccc(O)c2c(O)c1-c1ccncc1. The summed E-state index contributed by atoms with van der Waals surface area (Å²) >= 11 is 0. The quantitative estimate of drug-likeness (QED) is 0.651. The van der Waals surface area contributed by atoms with E-state index in [9.17, 15) is 15.0 Å². The van der Waals surface area contributed by atoms with Gasteiger partial charge >= 0.3 is 5.63 Å². The van der Waals surface area contributed by atoms with Crippen molar-refractivity contribution < 1.29 is 14.6 Å². The van der Waals surface area contributed by atoms with E-state index in [1.807, 2.05) is 0 Å². The third-order valence-corrected chi connectivity index (χ3v) is 2.85. The third kappa shape index (κ3) is 1.72. The van der Waals surface area contributed by atoms with Gasteiger partial charge in [-0.05, 0) is 29.8 Å². The second-order valence-electron chi connectivity index (χ2n) is 4.00. The lowest BCUT2D eigenvalue weighted by atomic mass is 10.1. The van der Waals surface area contributed by atoms with Crippen molar-refractivity contribution >= 4 is 11.0 Å². The number of pyridine rings is 1. The highest BCUT2D eigenvalue weighted by Gasteiger charge is 2.17. The van der Waals surface area contributed by atoms with Gasteiger partial charge in [-0.3, -0.25) is 4.98 Å². The fourth-order valence-corrected chi connectivity index (χ4v) is 1.99. The number of aromatic nitrogens is 1. The molecule has 19 heavy (non-hydrogen) atoms. The molecule has 3 aromatic rings. The summed E-state index contributed by atoms with van der Waals surface area (Å²) in [6, 6.07) is 7.62. The maximum absolute atomic E-state index is 11.9. The minimum absolute atomic E-state index is 0.0106. The summed E-state index contributed by atoms with van der Waals surface area (Å²) in [6.45, 7) is 0. The zero-order valence-corrected chi connectivity index (χ0v) is 9.70. The molecule has 0 atom stereocenters. The van der Waals surface area contributed by atoms with Crippen molar-refractivity contribution in [2.45, 2.75) is 0 Å². The van der Waals surface area contributed by atoms with Crippen molar-refractivity contribution in [3.05, 3.63) is 53.1 Å². The zero-order chi connectivity index (χ0) is 13.4. The summed E-state index contributed by atoms with van der Waals surface area (Å²) in [7, 11) is 0. The monoisotopic (exact) mass is 255 g/mol. The first-order valence-corrected chi connectivity index (χ1v) is 5.56. The van der Waals surface area contributed by atoms with Crippen LogP contribution in [0.15, 0.2) is 51.9 Å². The molecule has 1 aromatic carbocycles. The number of hydrogen-bond donors (Lipinski definition) is 2. The van der Waals surface area contributed by atoms with Crippen LogP contribution in [-0.4, -0.2) is 15.2 Å². The molecule has 0 bridgehead atoms. The second kappa shape index (κ2) is 4.13. The Morgan fingerprint density at radius 1 is 1.05 bits per heavy atom. The van der Waals surface area contributed by atoms with Crippen molar-refractivity contribution in [1.82, 2.24) is 4.98 Å². The lowest BCUT2D eigenvalue weighted by Gasteiger charge is -2.07. The highest BCUT2D eigenvalue weighted by atomic mass is 16.4. The van der Waals surface area contributed by atoms with Gasteiger partial charge in [0.25, 0.3) is 0 Å². The Morgan fingerprint density at radius 2 is 1.79 bits per heavy atom. The molecule has 0 saturated carbocycles. The fraction of sp³-hybridized carbons (Fsp3) is 0. The molecule has 0 saturated heterocycles. The Labute approximate surface area is 107 Å². The fourth-order valence-electron chi connectivity index (χ4n) is 1.99. The van der Waals surface area contributed by atoms with Gasteiger partial charge in [0.1, 0.15) is 28.0 Å². The predicted octanol–water partition coefficient (Wildman–Crippen LogP) is 2.27. The molecule has 0 aliphatic carbocycles. The molecule has 0 unspecified atom stereocenters. The van der Waals surface area contributed by atoms with Gasteiger partial charge < -0.3 is 14.6 Å². The lowest BCUT2D eigenvalue weighted by Crippen LogP contribution is -2.03. The largest absolute Gasteiger partial charge is 0.507 e. The molecule has 5 heteroatoms. The molecule has 0 fully saturated rings. The molecular formula is C14H9NO4. The molecule has 0 radical (unpaired) electrons. The van der Waals surface area contributed by atoms with Crippen molar-refractivity contribution in [1.29, 1.82) is 0 Å². The van der Waals surface area contributed by atoms with E-state index in [-0.39, 0.29) is 28.0 Å². The third-order valence-electron chi connectivity index (χ3n) is 2.85. The van der Waals surface area contributed by atoms with Crippen LogP contribution in [0.3, 0.4) is 0 Å². The first-order chi connectivity index (χ1) is 9.18. The molecule has 94 valence electrons. The van der Waals surface area contributed by atoms with Crippen LogP contribution in [0.5, 0.6) is 11.5 Å². The topological polar surface area (TPSA) is 83.6 Å². The van der Waals surface area contributed by atoms with Gasteiger partial charge in [-0.2, -0.15) is 0 Å². The average molecular weight is 255 g/mol. The first kappa shape index (κ1) is 11.3. The first-order valence-electron chi connectivity index (χ1n) is 5.56. The van der Waals surface area contributed by atoms with Gasteiger partial charge in [-0.15, -0.1) is 0 Å². The number of aromatic hydroxyl groups is 2. The van der Waals surface area contributed by atoms with Gasteiger partial charge in [0.05, 0.1) is 0 Å². The van der Waals surface area contributed by atoms with E-state index >= 15 is 0 Å². The summed E-state index contributed by atoms with van der Waals surface area (Å²) in [5, 5.41) is 20.1. The van der Waals surface area contributed by atoms with Gasteiger partial charge in [0.2, 0.25) is 0 Å². The van der Waals surface area contributed by atoms with Crippen LogP contribution in [0.25, 0.3) is 22.1 Å². The Morgan fingerprint density at radius 3 is 2.53 bits per heavy atom. The lowest BCUT2D eigenvalue weighted by molar-refractivity contribution is 0.455. The number of hydrogen-bond acceptors (Lipinski definition) is 5. The number of nitrogens with zero attached hydrogens (tertiary/aromatic N) is 1. The van der Waals surface area contributed by atoms with Crippen LogP contribution < -0.4 is 5.63 Å². The number of rotatable bonds is 1. The molecule has 0 aliphatic heterocycles. The Balaban J connectivity index is 2.45. The van der Waals surface area contributed by atoms with Crippen molar-refractivity contribution in [3.63, 3.8) is 0 Å². The van der Waals surface area contributed by atoms with Crippen LogP contribution in [-0.2, 0) is 0 Å². The van der Waals surface area contributed by atoms with Crippen LogP contribution >= 0.6 is 0 Å². The van der Waals surface area contributed by atoms with Gasteiger partial charge in [-0.25, -0.2) is 4.79 Å². The summed E-state index contributed by atoms with van der Waals surface area (Å²) in [4.78, 5) is 15.8. The van der Waals surface area contributed by atoms with Crippen LogP contribution in [0.4, 0.5) is 0 Å². The van der Waals surface area contributed by atoms with Gasteiger partial charge in [-0.1, -0.05) is 6.07 Å². The van der Waals surface area contributed by atoms with Crippen LogP contribution in [0.2, 0.25) is 0 Å². The van der Waals surface area contributed by atoms with Crippen LogP contribution in [0, 0.1) is 0 Å². The molecule has 2 heterocycles. The van der Waals surface area contributed by atoms with Gasteiger partial charge in [0, 0.05) is 12.4 Å². The van der Waals surface area contributed by atoms with Crippen molar-refractivity contribution in [2.24, 2.45) is 0 Å². The highest BCUT2D eigenvalue weighted by Crippen LogP contribution is 2.37. The maximum Gasteiger partial charge on any atom is 0.347 e. The van der Waals surface area contributed by atoms with E-state index in [0.717, 1.165) is 0 Å². The second-order valence-corrected chi connectivity index (χ2v) is 4.00. The highest BCUT2D eigenvalue weighted by molar-refractivity contribution is 5.94. The normalized spacial score (nSPS) is 10.7. The standard InChI is InChI=1S/C14H9NO4/c16-9-2-1-3-10-12(9)13(17)11(14(18)19-10)8-4-6-15-7-5-8/h1-7,16-17H. The molecule has 5 nitrogen and oxygen atoms in total. The molecule has 2 N–H and O–H groups in total. The Bertz CT molecular complexity index is 809. The van der Waals surface area contributed by atoms with Crippen molar-refractivity contribution in [3.8, 4) is 22.6 Å². The minimum Gasteiger partial charge on any atom is -0.507 e. The molecule has 0 amide bonds. The molecule has 0 aliphatic rings. The van der Waals surface area contributed by atoms with E-state index < -0.39 is 5.63 Å².